The summed E-state index contributed by atoms with van der Waals surface area (Å²) in [7, 11) is 1.40. The van der Waals surface area contributed by atoms with Crippen LogP contribution >= 0.6 is 11.3 Å². The number of rotatable bonds is 6. The summed E-state index contributed by atoms with van der Waals surface area (Å²) in [5.74, 6) is -0.721. The maximum atomic E-state index is 14.0. The molecule has 0 atom stereocenters. The van der Waals surface area contributed by atoms with Gasteiger partial charge in [0.05, 0.1) is 19.1 Å². The number of halogens is 1. The topological polar surface area (TPSA) is 58.6 Å². The zero-order valence-electron chi connectivity index (χ0n) is 18.8. The molecule has 0 bridgehead atoms. The van der Waals surface area contributed by atoms with Crippen molar-refractivity contribution in [1.82, 2.24) is 4.90 Å². The summed E-state index contributed by atoms with van der Waals surface area (Å²) in [5.41, 5.74) is 2.96. The molecule has 0 saturated carbocycles. The third-order valence-electron chi connectivity index (χ3n) is 5.87. The lowest BCUT2D eigenvalue weighted by Crippen LogP contribution is -2.36. The summed E-state index contributed by atoms with van der Waals surface area (Å²) in [5, 5.41) is 3.48. The van der Waals surface area contributed by atoms with Crippen molar-refractivity contribution in [3.8, 4) is 16.2 Å². The van der Waals surface area contributed by atoms with Crippen molar-refractivity contribution in [2.45, 2.75) is 32.6 Å². The molecule has 33 heavy (non-hydrogen) atoms. The molecule has 0 radical (unpaired) electrons. The molecule has 2 amide bonds. The van der Waals surface area contributed by atoms with E-state index in [4.69, 9.17) is 4.74 Å². The van der Waals surface area contributed by atoms with Gasteiger partial charge in [0, 0.05) is 18.0 Å². The minimum atomic E-state index is -0.512. The van der Waals surface area contributed by atoms with E-state index in [1.54, 1.807) is 6.07 Å². The predicted molar refractivity (Wildman–Crippen MR) is 130 cm³/mol. The van der Waals surface area contributed by atoms with Crippen LogP contribution < -0.4 is 10.1 Å². The summed E-state index contributed by atoms with van der Waals surface area (Å²) in [4.78, 5) is 29.2. The Bertz CT molecular complexity index is 1150. The van der Waals surface area contributed by atoms with E-state index in [0.29, 0.717) is 16.1 Å². The lowest BCUT2D eigenvalue weighted by atomic mass is 10.0. The van der Waals surface area contributed by atoms with E-state index in [2.05, 4.69) is 5.32 Å². The van der Waals surface area contributed by atoms with Gasteiger partial charge in [-0.2, -0.15) is 0 Å². The van der Waals surface area contributed by atoms with Gasteiger partial charge in [0.1, 0.15) is 5.00 Å². The molecular weight excluding hydrogens is 439 g/mol. The van der Waals surface area contributed by atoms with Crippen LogP contribution in [0.25, 0.3) is 10.4 Å². The Morgan fingerprint density at radius 2 is 1.82 bits per heavy atom. The number of hydrogen-bond donors (Lipinski definition) is 1. The van der Waals surface area contributed by atoms with Crippen LogP contribution in [0.15, 0.2) is 48.5 Å². The highest BCUT2D eigenvalue weighted by molar-refractivity contribution is 7.20. The van der Waals surface area contributed by atoms with Gasteiger partial charge in [-0.15, -0.1) is 11.3 Å². The maximum absolute atomic E-state index is 14.0. The number of benzene rings is 2. The van der Waals surface area contributed by atoms with Gasteiger partial charge in [-0.05, 0) is 55.0 Å². The Morgan fingerprint density at radius 1 is 1.09 bits per heavy atom. The minimum Gasteiger partial charge on any atom is -0.494 e. The van der Waals surface area contributed by atoms with Crippen LogP contribution in [0.1, 0.15) is 40.7 Å². The normalized spacial score (nSPS) is 13.6. The highest BCUT2D eigenvalue weighted by atomic mass is 32.1. The van der Waals surface area contributed by atoms with Crippen molar-refractivity contribution in [1.29, 1.82) is 0 Å². The lowest BCUT2D eigenvalue weighted by Gasteiger charge is -2.27. The lowest BCUT2D eigenvalue weighted by molar-refractivity contribution is -0.115. The average Bonchev–Trinajstić information content (AvgIpc) is 3.15. The van der Waals surface area contributed by atoms with Crippen LogP contribution in [-0.2, 0) is 11.2 Å². The molecule has 3 aromatic rings. The largest absolute Gasteiger partial charge is 0.494 e. The van der Waals surface area contributed by atoms with Crippen LogP contribution in [0, 0.1) is 12.7 Å². The number of methoxy groups -OCH3 is 1. The molecule has 0 unspecified atom stereocenters. The smallest absolute Gasteiger partial charge is 0.257 e. The Morgan fingerprint density at radius 3 is 2.48 bits per heavy atom. The molecular formula is C26H27FN2O3S. The molecule has 4 rings (SSSR count). The number of carbonyl (C=O) groups is 2. The number of anilines is 1. The number of carbonyl (C=O) groups excluding carboxylic acids is 2. The first-order valence-corrected chi connectivity index (χ1v) is 11.9. The molecule has 1 aromatic heterocycles. The molecule has 5 nitrogen and oxygen atoms in total. The zero-order valence-corrected chi connectivity index (χ0v) is 19.6. The summed E-state index contributed by atoms with van der Waals surface area (Å²) >= 11 is 1.41. The molecule has 1 aliphatic heterocycles. The van der Waals surface area contributed by atoms with Crippen LogP contribution in [0.5, 0.6) is 5.75 Å². The standard InChI is InChI=1S/C26H27FN2O3S/c1-17-23(26(31)29-13-7-4-8-14-29)25(33-24(17)19-9-5-3-6-10-19)28-22(30)16-18-11-12-21(32-2)20(27)15-18/h3,5-6,9-12,15H,4,7-8,13-14,16H2,1-2H3,(H,28,30). The molecule has 2 aromatic carbocycles. The molecule has 0 spiro atoms. The van der Waals surface area contributed by atoms with Gasteiger partial charge >= 0.3 is 0 Å². The van der Waals surface area contributed by atoms with Crippen LogP contribution in [0.3, 0.4) is 0 Å². The molecule has 1 saturated heterocycles. The monoisotopic (exact) mass is 466 g/mol. The van der Waals surface area contributed by atoms with E-state index >= 15 is 0 Å². The van der Waals surface area contributed by atoms with Gasteiger partial charge in [0.2, 0.25) is 5.91 Å². The van der Waals surface area contributed by atoms with Gasteiger partial charge in [0.15, 0.2) is 11.6 Å². The van der Waals surface area contributed by atoms with Crippen molar-refractivity contribution in [3.63, 3.8) is 0 Å². The first-order valence-electron chi connectivity index (χ1n) is 11.1. The van der Waals surface area contributed by atoms with Gasteiger partial charge in [0.25, 0.3) is 5.91 Å². The third kappa shape index (κ3) is 5.09. The number of piperidine rings is 1. The van der Waals surface area contributed by atoms with Crippen LogP contribution in [0.4, 0.5) is 9.39 Å². The second-order valence-electron chi connectivity index (χ2n) is 8.17. The summed E-state index contributed by atoms with van der Waals surface area (Å²) in [6.45, 7) is 3.39. The molecule has 2 heterocycles. The molecule has 7 heteroatoms. The Labute approximate surface area is 197 Å². The van der Waals surface area contributed by atoms with Crippen molar-refractivity contribution >= 4 is 28.2 Å². The average molecular weight is 467 g/mol. The highest BCUT2D eigenvalue weighted by Crippen LogP contribution is 2.40. The predicted octanol–water partition coefficient (Wildman–Crippen LogP) is 5.68. The van der Waals surface area contributed by atoms with Crippen molar-refractivity contribution in [2.75, 3.05) is 25.5 Å². The van der Waals surface area contributed by atoms with Crippen molar-refractivity contribution in [2.24, 2.45) is 0 Å². The fraction of sp³-hybridized carbons (Fsp3) is 0.308. The number of likely N-dealkylation sites (tertiary alicyclic amines) is 1. The van der Waals surface area contributed by atoms with E-state index in [1.807, 2.05) is 42.2 Å². The molecule has 1 aliphatic rings. The number of hydrogen-bond acceptors (Lipinski definition) is 4. The quantitative estimate of drug-likeness (QED) is 0.509. The molecule has 1 fully saturated rings. The van der Waals surface area contributed by atoms with Gasteiger partial charge in [-0.25, -0.2) is 4.39 Å². The van der Waals surface area contributed by atoms with Gasteiger partial charge in [-0.3, -0.25) is 9.59 Å². The Hall–Kier alpha value is -3.19. The number of amides is 2. The number of ether oxygens (including phenoxy) is 1. The van der Waals surface area contributed by atoms with E-state index in [0.717, 1.165) is 48.4 Å². The van der Waals surface area contributed by atoms with Crippen molar-refractivity contribution < 1.29 is 18.7 Å². The van der Waals surface area contributed by atoms with E-state index in [-0.39, 0.29) is 24.0 Å². The SMILES string of the molecule is COc1ccc(CC(=O)Nc2sc(-c3ccccc3)c(C)c2C(=O)N2CCCCC2)cc1F. The number of nitrogens with zero attached hydrogens (tertiary/aromatic N) is 1. The number of nitrogens with one attached hydrogen (secondary N) is 1. The molecule has 1 N–H and O–H groups in total. The van der Waals surface area contributed by atoms with E-state index in [9.17, 15) is 14.0 Å². The van der Waals surface area contributed by atoms with E-state index < -0.39 is 5.82 Å². The first kappa shape index (κ1) is 23.0. The summed E-state index contributed by atoms with van der Waals surface area (Å²) in [6.07, 6.45) is 3.11. The third-order valence-corrected chi connectivity index (χ3v) is 7.13. The minimum absolute atomic E-state index is 0.00409. The zero-order chi connectivity index (χ0) is 23.4. The highest BCUT2D eigenvalue weighted by Gasteiger charge is 2.27. The van der Waals surface area contributed by atoms with Gasteiger partial charge < -0.3 is 15.0 Å². The first-order chi connectivity index (χ1) is 16.0. The van der Waals surface area contributed by atoms with Crippen LogP contribution in [-0.4, -0.2) is 36.9 Å². The maximum Gasteiger partial charge on any atom is 0.257 e. The van der Waals surface area contributed by atoms with E-state index in [1.165, 1.54) is 30.6 Å². The molecule has 172 valence electrons. The summed E-state index contributed by atoms with van der Waals surface area (Å²) in [6, 6.07) is 14.3. The Balaban J connectivity index is 1.63. The van der Waals surface area contributed by atoms with Crippen LogP contribution in [0.2, 0.25) is 0 Å². The van der Waals surface area contributed by atoms with Crippen molar-refractivity contribution in [3.05, 3.63) is 71.0 Å². The second kappa shape index (κ2) is 10.2. The summed E-state index contributed by atoms with van der Waals surface area (Å²) < 4.78 is 19.0. The molecule has 0 aliphatic carbocycles. The number of thiophene rings is 1. The second-order valence-corrected chi connectivity index (χ2v) is 9.19. The van der Waals surface area contributed by atoms with Gasteiger partial charge in [-0.1, -0.05) is 36.4 Å². The fourth-order valence-electron chi connectivity index (χ4n) is 4.16. The fourth-order valence-corrected chi connectivity index (χ4v) is 5.38. The Kier molecular flexibility index (Phi) is 7.08.